The molecule has 1 aromatic carbocycles. The van der Waals surface area contributed by atoms with Crippen molar-refractivity contribution in [1.82, 2.24) is 0 Å². The molecule has 4 nitrogen and oxygen atoms in total. The van der Waals surface area contributed by atoms with Crippen LogP contribution in [0.15, 0.2) is 30.3 Å². The molecule has 0 aliphatic rings. The molecule has 1 aromatic rings. The lowest BCUT2D eigenvalue weighted by Gasteiger charge is -2.18. The molecule has 1 atom stereocenters. The maximum absolute atomic E-state index is 12.0. The molecule has 0 saturated carbocycles. The Bertz CT molecular complexity index is 411. The maximum atomic E-state index is 12.0. The molecule has 0 saturated heterocycles. The molecule has 0 fully saturated rings. The summed E-state index contributed by atoms with van der Waals surface area (Å²) in [5.74, 6) is -0.978. The number of ketones is 1. The summed E-state index contributed by atoms with van der Waals surface area (Å²) in [7, 11) is 0. The number of Topliss-reactive ketones (excluding diaryl/α,β-unsaturated/α-hetero) is 1. The Kier molecular flexibility index (Phi) is 6.06. The van der Waals surface area contributed by atoms with Crippen molar-refractivity contribution in [2.75, 3.05) is 13.2 Å². The van der Waals surface area contributed by atoms with Gasteiger partial charge in [-0.25, -0.2) is 0 Å². The van der Waals surface area contributed by atoms with Gasteiger partial charge in [-0.1, -0.05) is 32.0 Å². The molecule has 19 heavy (non-hydrogen) atoms. The summed E-state index contributed by atoms with van der Waals surface area (Å²) in [4.78, 5) is 23.8. The fourth-order valence-corrected chi connectivity index (χ4v) is 1.77. The SMILES string of the molecule is CCOC(=O)C(C(=O)COc1ccccc1)C(C)C. The highest BCUT2D eigenvalue weighted by Gasteiger charge is 2.31. The van der Waals surface area contributed by atoms with Crippen molar-refractivity contribution in [3.8, 4) is 5.75 Å². The van der Waals surface area contributed by atoms with Gasteiger partial charge in [-0.05, 0) is 25.0 Å². The van der Waals surface area contributed by atoms with Gasteiger partial charge in [0.15, 0.2) is 5.78 Å². The molecular formula is C15H20O4. The monoisotopic (exact) mass is 264 g/mol. The Morgan fingerprint density at radius 1 is 1.16 bits per heavy atom. The second-order valence-electron chi connectivity index (χ2n) is 4.54. The minimum Gasteiger partial charge on any atom is -0.486 e. The van der Waals surface area contributed by atoms with Gasteiger partial charge in [-0.2, -0.15) is 0 Å². The van der Waals surface area contributed by atoms with Gasteiger partial charge in [0, 0.05) is 0 Å². The first kappa shape index (κ1) is 15.2. The van der Waals surface area contributed by atoms with Gasteiger partial charge >= 0.3 is 5.97 Å². The topological polar surface area (TPSA) is 52.6 Å². The first-order valence-corrected chi connectivity index (χ1v) is 6.43. The summed E-state index contributed by atoms with van der Waals surface area (Å²) in [6.07, 6.45) is 0. The largest absolute Gasteiger partial charge is 0.486 e. The third-order valence-electron chi connectivity index (χ3n) is 2.68. The molecular weight excluding hydrogens is 244 g/mol. The summed E-state index contributed by atoms with van der Waals surface area (Å²) >= 11 is 0. The van der Waals surface area contributed by atoms with Crippen molar-refractivity contribution in [1.29, 1.82) is 0 Å². The normalized spacial score (nSPS) is 12.0. The van der Waals surface area contributed by atoms with Crippen LogP contribution in [0.5, 0.6) is 5.75 Å². The number of rotatable bonds is 7. The number of hydrogen-bond acceptors (Lipinski definition) is 4. The molecule has 1 rings (SSSR count). The average molecular weight is 264 g/mol. The number of para-hydroxylation sites is 1. The molecule has 0 heterocycles. The molecule has 0 radical (unpaired) electrons. The minimum atomic E-state index is -0.760. The van der Waals surface area contributed by atoms with Crippen LogP contribution in [-0.2, 0) is 14.3 Å². The second-order valence-corrected chi connectivity index (χ2v) is 4.54. The van der Waals surface area contributed by atoms with Crippen LogP contribution in [0.2, 0.25) is 0 Å². The molecule has 1 unspecified atom stereocenters. The van der Waals surface area contributed by atoms with Crippen LogP contribution < -0.4 is 4.74 Å². The Morgan fingerprint density at radius 3 is 2.32 bits per heavy atom. The van der Waals surface area contributed by atoms with E-state index in [-0.39, 0.29) is 24.9 Å². The highest BCUT2D eigenvalue weighted by Crippen LogP contribution is 2.16. The predicted octanol–water partition coefficient (Wildman–Crippen LogP) is 2.47. The van der Waals surface area contributed by atoms with Crippen LogP contribution in [0.4, 0.5) is 0 Å². The molecule has 0 spiro atoms. The van der Waals surface area contributed by atoms with E-state index in [1.54, 1.807) is 19.1 Å². The lowest BCUT2D eigenvalue weighted by atomic mass is 9.92. The number of carbonyl (C=O) groups excluding carboxylic acids is 2. The summed E-state index contributed by atoms with van der Waals surface area (Å²) < 4.78 is 10.3. The van der Waals surface area contributed by atoms with Gasteiger partial charge in [0.05, 0.1) is 6.61 Å². The van der Waals surface area contributed by atoms with Crippen LogP contribution in [-0.4, -0.2) is 25.0 Å². The van der Waals surface area contributed by atoms with E-state index in [0.717, 1.165) is 0 Å². The van der Waals surface area contributed by atoms with Crippen LogP contribution in [0.1, 0.15) is 20.8 Å². The van der Waals surface area contributed by atoms with Crippen LogP contribution in [0, 0.1) is 11.8 Å². The Morgan fingerprint density at radius 2 is 1.79 bits per heavy atom. The zero-order chi connectivity index (χ0) is 14.3. The van der Waals surface area contributed by atoms with Crippen LogP contribution in [0.25, 0.3) is 0 Å². The van der Waals surface area contributed by atoms with Crippen molar-refractivity contribution >= 4 is 11.8 Å². The zero-order valence-electron chi connectivity index (χ0n) is 11.6. The quantitative estimate of drug-likeness (QED) is 0.561. The number of esters is 1. The molecule has 0 aliphatic heterocycles. The number of ether oxygens (including phenoxy) is 2. The summed E-state index contributed by atoms with van der Waals surface area (Å²) in [5.41, 5.74) is 0. The Balaban J connectivity index is 2.60. The highest BCUT2D eigenvalue weighted by atomic mass is 16.5. The van der Waals surface area contributed by atoms with Crippen molar-refractivity contribution in [2.45, 2.75) is 20.8 Å². The van der Waals surface area contributed by atoms with E-state index in [1.807, 2.05) is 32.0 Å². The van der Waals surface area contributed by atoms with Crippen molar-refractivity contribution in [2.24, 2.45) is 11.8 Å². The summed E-state index contributed by atoms with van der Waals surface area (Å²) in [6.45, 7) is 5.52. The van der Waals surface area contributed by atoms with E-state index >= 15 is 0 Å². The van der Waals surface area contributed by atoms with E-state index in [0.29, 0.717) is 5.75 Å². The van der Waals surface area contributed by atoms with E-state index in [1.165, 1.54) is 0 Å². The predicted molar refractivity (Wildman–Crippen MR) is 71.9 cm³/mol. The lowest BCUT2D eigenvalue weighted by molar-refractivity contribution is -0.154. The summed E-state index contributed by atoms with van der Waals surface area (Å²) in [5, 5.41) is 0. The molecule has 0 N–H and O–H groups in total. The molecule has 4 heteroatoms. The first-order chi connectivity index (χ1) is 9.06. The fourth-order valence-electron chi connectivity index (χ4n) is 1.77. The Hall–Kier alpha value is -1.84. The van der Waals surface area contributed by atoms with Gasteiger partial charge < -0.3 is 9.47 Å². The number of carbonyl (C=O) groups is 2. The molecule has 0 amide bonds. The van der Waals surface area contributed by atoms with E-state index in [4.69, 9.17) is 9.47 Å². The van der Waals surface area contributed by atoms with E-state index < -0.39 is 11.9 Å². The van der Waals surface area contributed by atoms with Crippen LogP contribution in [0.3, 0.4) is 0 Å². The van der Waals surface area contributed by atoms with E-state index in [2.05, 4.69) is 0 Å². The number of hydrogen-bond donors (Lipinski definition) is 0. The van der Waals surface area contributed by atoms with Crippen molar-refractivity contribution in [3.63, 3.8) is 0 Å². The smallest absolute Gasteiger partial charge is 0.316 e. The second kappa shape index (κ2) is 7.56. The minimum absolute atomic E-state index is 0.106. The lowest BCUT2D eigenvalue weighted by Crippen LogP contribution is -2.34. The molecule has 0 bridgehead atoms. The first-order valence-electron chi connectivity index (χ1n) is 6.43. The van der Waals surface area contributed by atoms with Gasteiger partial charge in [0.2, 0.25) is 0 Å². The number of benzene rings is 1. The molecule has 0 aliphatic carbocycles. The third-order valence-corrected chi connectivity index (χ3v) is 2.68. The average Bonchev–Trinajstić information content (AvgIpc) is 2.37. The Labute approximate surface area is 113 Å². The van der Waals surface area contributed by atoms with Gasteiger partial charge in [-0.15, -0.1) is 0 Å². The van der Waals surface area contributed by atoms with E-state index in [9.17, 15) is 9.59 Å². The zero-order valence-corrected chi connectivity index (χ0v) is 11.6. The molecule has 104 valence electrons. The molecule has 0 aromatic heterocycles. The van der Waals surface area contributed by atoms with Gasteiger partial charge in [-0.3, -0.25) is 9.59 Å². The van der Waals surface area contributed by atoms with Crippen molar-refractivity contribution < 1.29 is 19.1 Å². The maximum Gasteiger partial charge on any atom is 0.316 e. The fraction of sp³-hybridized carbons (Fsp3) is 0.467. The highest BCUT2D eigenvalue weighted by molar-refractivity contribution is 6.00. The van der Waals surface area contributed by atoms with Gasteiger partial charge in [0.25, 0.3) is 0 Å². The van der Waals surface area contributed by atoms with Crippen molar-refractivity contribution in [3.05, 3.63) is 30.3 Å². The third kappa shape index (κ3) is 4.73. The van der Waals surface area contributed by atoms with Crippen LogP contribution >= 0.6 is 0 Å². The standard InChI is InChI=1S/C15H20O4/c1-4-18-15(17)14(11(2)3)13(16)10-19-12-8-6-5-7-9-12/h5-9,11,14H,4,10H2,1-3H3. The summed E-state index contributed by atoms with van der Waals surface area (Å²) in [6, 6.07) is 9.05. The van der Waals surface area contributed by atoms with Gasteiger partial charge in [0.1, 0.15) is 18.3 Å².